The van der Waals surface area contributed by atoms with Crippen molar-refractivity contribution >= 4 is 21.4 Å². The van der Waals surface area contributed by atoms with Crippen LogP contribution < -0.4 is 4.90 Å². The number of hydrogen-bond donors (Lipinski definition) is 0. The molecule has 1 saturated heterocycles. The Labute approximate surface area is 149 Å². The average Bonchev–Trinajstić information content (AvgIpc) is 2.95. The molecular formula is C20H23NO3S. The molecule has 1 atom stereocenters. The first-order valence-corrected chi connectivity index (χ1v) is 10.5. The van der Waals surface area contributed by atoms with Crippen LogP contribution in [0.4, 0.5) is 5.69 Å². The van der Waals surface area contributed by atoms with E-state index in [4.69, 9.17) is 0 Å². The Balaban J connectivity index is 1.92. The Kier molecular flexibility index (Phi) is 5.23. The zero-order valence-electron chi connectivity index (χ0n) is 14.4. The van der Waals surface area contributed by atoms with Crippen LogP contribution in [0.1, 0.15) is 24.5 Å². The maximum atomic E-state index is 13.0. The summed E-state index contributed by atoms with van der Waals surface area (Å²) < 4.78 is 23.9. The van der Waals surface area contributed by atoms with E-state index >= 15 is 0 Å². The van der Waals surface area contributed by atoms with Gasteiger partial charge in [0.05, 0.1) is 24.0 Å². The van der Waals surface area contributed by atoms with E-state index in [0.717, 1.165) is 23.2 Å². The van der Waals surface area contributed by atoms with Gasteiger partial charge < -0.3 is 4.90 Å². The highest BCUT2D eigenvalue weighted by molar-refractivity contribution is 7.91. The molecule has 4 nitrogen and oxygen atoms in total. The molecular weight excluding hydrogens is 334 g/mol. The predicted octanol–water partition coefficient (Wildman–Crippen LogP) is 3.01. The standard InChI is InChI=1S/C20H23NO3S/c1-2-16-9-6-10-18(13-16)21(19-11-12-25(23,24)15-19)20(22)14-17-7-4-3-5-8-17/h3-10,13,19H,2,11-12,14-15H2,1H3. The summed E-state index contributed by atoms with van der Waals surface area (Å²) in [5.41, 5.74) is 2.86. The van der Waals surface area contributed by atoms with E-state index in [-0.39, 0.29) is 29.9 Å². The molecule has 1 fully saturated rings. The highest BCUT2D eigenvalue weighted by atomic mass is 32.2. The van der Waals surface area contributed by atoms with E-state index in [1.165, 1.54) is 0 Å². The maximum Gasteiger partial charge on any atom is 0.231 e. The molecule has 1 unspecified atom stereocenters. The van der Waals surface area contributed by atoms with Crippen LogP contribution in [0, 0.1) is 0 Å². The molecule has 1 aliphatic rings. The monoisotopic (exact) mass is 357 g/mol. The van der Waals surface area contributed by atoms with Gasteiger partial charge in [0, 0.05) is 5.69 Å². The summed E-state index contributed by atoms with van der Waals surface area (Å²) in [7, 11) is -3.06. The van der Waals surface area contributed by atoms with Crippen molar-refractivity contribution in [1.29, 1.82) is 0 Å². The van der Waals surface area contributed by atoms with Gasteiger partial charge in [-0.2, -0.15) is 0 Å². The van der Waals surface area contributed by atoms with Crippen LogP contribution in [0.3, 0.4) is 0 Å². The Bertz CT molecular complexity index is 846. The molecule has 1 aliphatic heterocycles. The van der Waals surface area contributed by atoms with Gasteiger partial charge in [-0.1, -0.05) is 49.4 Å². The van der Waals surface area contributed by atoms with Crippen LogP contribution in [-0.4, -0.2) is 31.9 Å². The molecule has 2 aromatic rings. The number of carbonyl (C=O) groups is 1. The second kappa shape index (κ2) is 7.40. The first-order valence-electron chi connectivity index (χ1n) is 8.64. The minimum atomic E-state index is -3.06. The summed E-state index contributed by atoms with van der Waals surface area (Å²) >= 11 is 0. The molecule has 2 aromatic carbocycles. The van der Waals surface area contributed by atoms with Gasteiger partial charge in [-0.15, -0.1) is 0 Å². The van der Waals surface area contributed by atoms with Crippen LogP contribution in [0.15, 0.2) is 54.6 Å². The number of amides is 1. The normalized spacial score (nSPS) is 18.8. The van der Waals surface area contributed by atoms with Gasteiger partial charge >= 0.3 is 0 Å². The van der Waals surface area contributed by atoms with Crippen molar-refractivity contribution in [3.05, 3.63) is 65.7 Å². The minimum Gasteiger partial charge on any atom is -0.308 e. The van der Waals surface area contributed by atoms with Crippen LogP contribution in [0.5, 0.6) is 0 Å². The van der Waals surface area contributed by atoms with E-state index in [9.17, 15) is 13.2 Å². The van der Waals surface area contributed by atoms with E-state index in [0.29, 0.717) is 6.42 Å². The Morgan fingerprint density at radius 2 is 1.80 bits per heavy atom. The van der Waals surface area contributed by atoms with E-state index in [1.54, 1.807) is 4.90 Å². The maximum absolute atomic E-state index is 13.0. The molecule has 0 saturated carbocycles. The molecule has 0 spiro atoms. The number of sulfone groups is 1. The van der Waals surface area contributed by atoms with Gasteiger partial charge in [0.15, 0.2) is 9.84 Å². The number of carbonyl (C=O) groups excluding carboxylic acids is 1. The van der Waals surface area contributed by atoms with Crippen LogP contribution >= 0.6 is 0 Å². The number of aryl methyl sites for hydroxylation is 1. The van der Waals surface area contributed by atoms with Crippen LogP contribution in [-0.2, 0) is 27.5 Å². The van der Waals surface area contributed by atoms with Gasteiger partial charge in [0.25, 0.3) is 0 Å². The lowest BCUT2D eigenvalue weighted by Gasteiger charge is -2.29. The average molecular weight is 357 g/mol. The lowest BCUT2D eigenvalue weighted by molar-refractivity contribution is -0.118. The molecule has 132 valence electrons. The van der Waals surface area contributed by atoms with Gasteiger partial charge in [0.1, 0.15) is 0 Å². The summed E-state index contributed by atoms with van der Waals surface area (Å²) in [5.74, 6) is 0.144. The largest absolute Gasteiger partial charge is 0.308 e. The Hall–Kier alpha value is -2.14. The fraction of sp³-hybridized carbons (Fsp3) is 0.350. The van der Waals surface area contributed by atoms with Crippen molar-refractivity contribution in [2.45, 2.75) is 32.2 Å². The fourth-order valence-corrected chi connectivity index (χ4v) is 5.02. The summed E-state index contributed by atoms with van der Waals surface area (Å²) in [6.45, 7) is 2.06. The number of hydrogen-bond acceptors (Lipinski definition) is 3. The molecule has 0 N–H and O–H groups in total. The second-order valence-electron chi connectivity index (χ2n) is 6.51. The molecule has 0 radical (unpaired) electrons. The van der Waals surface area contributed by atoms with E-state index in [1.807, 2.05) is 54.6 Å². The molecule has 0 aliphatic carbocycles. The third-order valence-electron chi connectivity index (χ3n) is 4.64. The van der Waals surface area contributed by atoms with Gasteiger partial charge in [-0.05, 0) is 36.1 Å². The van der Waals surface area contributed by atoms with Crippen molar-refractivity contribution in [2.75, 3.05) is 16.4 Å². The number of rotatable bonds is 5. The summed E-state index contributed by atoms with van der Waals surface area (Å²) in [6, 6.07) is 17.1. The summed E-state index contributed by atoms with van der Waals surface area (Å²) in [4.78, 5) is 14.7. The van der Waals surface area contributed by atoms with E-state index < -0.39 is 9.84 Å². The molecule has 5 heteroatoms. The first kappa shape index (κ1) is 17.7. The SMILES string of the molecule is CCc1cccc(N(C(=O)Cc2ccccc2)C2CCS(=O)(=O)C2)c1. The zero-order chi connectivity index (χ0) is 17.9. The highest BCUT2D eigenvalue weighted by Crippen LogP contribution is 2.26. The van der Waals surface area contributed by atoms with Crippen molar-refractivity contribution in [3.8, 4) is 0 Å². The second-order valence-corrected chi connectivity index (χ2v) is 8.74. The molecule has 0 bridgehead atoms. The Morgan fingerprint density at radius 3 is 2.44 bits per heavy atom. The topological polar surface area (TPSA) is 54.5 Å². The third kappa shape index (κ3) is 4.28. The summed E-state index contributed by atoms with van der Waals surface area (Å²) in [5, 5.41) is 0. The molecule has 3 rings (SSSR count). The molecule has 1 heterocycles. The first-order chi connectivity index (χ1) is 12.0. The van der Waals surface area contributed by atoms with Gasteiger partial charge in [-0.3, -0.25) is 4.79 Å². The van der Waals surface area contributed by atoms with Crippen molar-refractivity contribution in [3.63, 3.8) is 0 Å². The quantitative estimate of drug-likeness (QED) is 0.826. The lowest BCUT2D eigenvalue weighted by Crippen LogP contribution is -2.42. The van der Waals surface area contributed by atoms with Crippen LogP contribution in [0.25, 0.3) is 0 Å². The smallest absolute Gasteiger partial charge is 0.231 e. The van der Waals surface area contributed by atoms with Crippen molar-refractivity contribution in [2.24, 2.45) is 0 Å². The molecule has 25 heavy (non-hydrogen) atoms. The zero-order valence-corrected chi connectivity index (χ0v) is 15.2. The third-order valence-corrected chi connectivity index (χ3v) is 6.39. The number of anilines is 1. The predicted molar refractivity (Wildman–Crippen MR) is 101 cm³/mol. The highest BCUT2D eigenvalue weighted by Gasteiger charge is 2.35. The van der Waals surface area contributed by atoms with Gasteiger partial charge in [0.2, 0.25) is 5.91 Å². The van der Waals surface area contributed by atoms with Crippen molar-refractivity contribution < 1.29 is 13.2 Å². The molecule has 0 aromatic heterocycles. The lowest BCUT2D eigenvalue weighted by atomic mass is 10.1. The summed E-state index contributed by atoms with van der Waals surface area (Å²) in [6.07, 6.45) is 1.64. The van der Waals surface area contributed by atoms with Crippen LogP contribution in [0.2, 0.25) is 0 Å². The molecule has 1 amide bonds. The minimum absolute atomic E-state index is 0.0455. The van der Waals surface area contributed by atoms with Crippen molar-refractivity contribution in [1.82, 2.24) is 0 Å². The van der Waals surface area contributed by atoms with E-state index in [2.05, 4.69) is 6.92 Å². The fourth-order valence-electron chi connectivity index (χ4n) is 3.32. The Morgan fingerprint density at radius 1 is 1.08 bits per heavy atom. The van der Waals surface area contributed by atoms with Gasteiger partial charge in [-0.25, -0.2) is 8.42 Å². The number of nitrogens with zero attached hydrogens (tertiary/aromatic N) is 1. The number of benzene rings is 2.